The molecule has 0 aliphatic heterocycles. The van der Waals surface area contributed by atoms with E-state index in [1.54, 1.807) is 0 Å². The van der Waals surface area contributed by atoms with Crippen LogP contribution in [0.3, 0.4) is 0 Å². The van der Waals surface area contributed by atoms with Crippen LogP contribution in [0.1, 0.15) is 14.8 Å². The van der Waals surface area contributed by atoms with Crippen LogP contribution in [0.2, 0.25) is 16.7 Å². The molecule has 3 rings (SSSR count). The summed E-state index contributed by atoms with van der Waals surface area (Å²) in [5, 5.41) is 0. The SMILES string of the molecule is C[SiH](C)[Zr]([Cl])([Cl])([CH]1C=CC=C1)[CH]1C=Cc2ccccc21. The Hall–Kier alpha value is 0.120. The molecule has 1 unspecified atom stereocenters. The Balaban J connectivity index is 2.16. The topological polar surface area (TPSA) is 0 Å². The molecule has 20 heavy (non-hydrogen) atoms. The van der Waals surface area contributed by atoms with Gasteiger partial charge in [-0.05, 0) is 0 Å². The quantitative estimate of drug-likeness (QED) is 0.574. The molecule has 1 aromatic carbocycles. The second-order valence-corrected chi connectivity index (χ2v) is 49.0. The molecule has 0 saturated heterocycles. The summed E-state index contributed by atoms with van der Waals surface area (Å²) >= 11 is -3.94. The van der Waals surface area contributed by atoms with Crippen LogP contribution in [0, 0.1) is 0 Å². The fraction of sp³-hybridized carbons (Fsp3) is 0.250. The van der Waals surface area contributed by atoms with Crippen molar-refractivity contribution in [1.29, 1.82) is 0 Å². The Morgan fingerprint density at radius 3 is 2.30 bits per heavy atom. The van der Waals surface area contributed by atoms with E-state index in [0.717, 1.165) is 0 Å². The van der Waals surface area contributed by atoms with E-state index in [1.165, 1.54) is 11.1 Å². The molecule has 0 spiro atoms. The first kappa shape index (κ1) is 15.0. The first-order chi connectivity index (χ1) is 9.44. The number of allylic oxidation sites excluding steroid dienone is 5. The zero-order valence-corrected chi connectivity index (χ0v) is 16.9. The minimum absolute atomic E-state index is 0.264. The summed E-state index contributed by atoms with van der Waals surface area (Å²) in [7, 11) is 14.9. The maximum absolute atomic E-state index is 7.45. The first-order valence-corrected chi connectivity index (χ1v) is 23.4. The zero-order valence-electron chi connectivity index (χ0n) is 11.8. The number of hydrogen-bond donors (Lipinski definition) is 0. The molecular weight excluding hydrogens is 382 g/mol. The van der Waals surface area contributed by atoms with Crippen LogP contribution in [0.4, 0.5) is 0 Å². The van der Waals surface area contributed by atoms with E-state index in [-0.39, 0.29) is 7.25 Å². The van der Waals surface area contributed by atoms with Gasteiger partial charge < -0.3 is 0 Å². The van der Waals surface area contributed by atoms with Gasteiger partial charge in [-0.15, -0.1) is 0 Å². The summed E-state index contributed by atoms with van der Waals surface area (Å²) in [6.07, 6.45) is 13.1. The van der Waals surface area contributed by atoms with Crippen LogP contribution in [0.25, 0.3) is 6.08 Å². The van der Waals surface area contributed by atoms with Crippen LogP contribution in [0.15, 0.2) is 54.6 Å². The van der Waals surface area contributed by atoms with Gasteiger partial charge in [0.2, 0.25) is 0 Å². The summed E-state index contributed by atoms with van der Waals surface area (Å²) in [4.78, 5) is 0. The van der Waals surface area contributed by atoms with Crippen molar-refractivity contribution < 1.29 is 15.6 Å². The molecule has 0 amide bonds. The van der Waals surface area contributed by atoms with Gasteiger partial charge >= 0.3 is 131 Å². The van der Waals surface area contributed by atoms with Crippen LogP contribution < -0.4 is 0 Å². The number of hydrogen-bond acceptors (Lipinski definition) is 0. The Kier molecular flexibility index (Phi) is 3.83. The molecule has 2 aliphatic carbocycles. The second-order valence-electron chi connectivity index (χ2n) is 6.14. The summed E-state index contributed by atoms with van der Waals surface area (Å²) in [6, 6.07) is 8.55. The van der Waals surface area contributed by atoms with Crippen molar-refractivity contribution in [2.24, 2.45) is 0 Å². The summed E-state index contributed by atoms with van der Waals surface area (Å²) in [5.41, 5.74) is 2.64. The molecule has 0 heterocycles. The van der Waals surface area contributed by atoms with E-state index in [2.05, 4.69) is 73.8 Å². The van der Waals surface area contributed by atoms with Gasteiger partial charge in [-0.25, -0.2) is 0 Å². The molecular formula is C16H19Cl2SiZr. The fourth-order valence-electron chi connectivity index (χ4n) is 3.48. The Labute approximate surface area is 130 Å². The maximum atomic E-state index is 7.45. The average Bonchev–Trinajstić information content (AvgIpc) is 3.09. The van der Waals surface area contributed by atoms with Crippen molar-refractivity contribution in [2.75, 3.05) is 0 Å². The average molecular weight is 402 g/mol. The standard InChI is InChI=1S/C9H7.C5H5.C2H7Si.2ClH.Zr/c1-2-5-9-7-3-6-8(9)4-1;1-2-4-5-3-1;1-3-2;;;/h1-7H;1-5H;3H,1-2H3;2*1H;/q;;;;;+2/p-2. The number of benzene rings is 1. The van der Waals surface area contributed by atoms with Gasteiger partial charge in [-0.2, -0.15) is 0 Å². The fourth-order valence-corrected chi connectivity index (χ4v) is 29.6. The van der Waals surface area contributed by atoms with Crippen LogP contribution in [-0.4, -0.2) is 5.92 Å². The molecule has 0 aromatic heterocycles. The Bertz CT molecular complexity index is 619. The van der Waals surface area contributed by atoms with Crippen molar-refractivity contribution in [1.82, 2.24) is 0 Å². The van der Waals surface area contributed by atoms with E-state index in [1.807, 2.05) is 0 Å². The third-order valence-electron chi connectivity index (χ3n) is 4.88. The van der Waals surface area contributed by atoms with Gasteiger partial charge in [0.25, 0.3) is 0 Å². The first-order valence-electron chi connectivity index (χ1n) is 7.14. The molecule has 4 heteroatoms. The molecule has 0 fully saturated rings. The van der Waals surface area contributed by atoms with Crippen molar-refractivity contribution in [3.8, 4) is 0 Å². The second kappa shape index (κ2) is 5.09. The molecule has 1 aromatic rings. The van der Waals surface area contributed by atoms with E-state index in [0.29, 0.717) is 0 Å². The predicted octanol–water partition coefficient (Wildman–Crippen LogP) is 5.65. The van der Waals surface area contributed by atoms with Gasteiger partial charge in [-0.3, -0.25) is 0 Å². The number of fused-ring (bicyclic) bond motifs is 1. The summed E-state index contributed by atoms with van der Waals surface area (Å²) in [6.45, 7) is 4.67. The Morgan fingerprint density at radius 1 is 1.00 bits per heavy atom. The van der Waals surface area contributed by atoms with Crippen LogP contribution >= 0.6 is 17.0 Å². The van der Waals surface area contributed by atoms with Crippen molar-refractivity contribution >= 4 is 29.0 Å². The molecule has 0 nitrogen and oxygen atoms in total. The van der Waals surface area contributed by atoms with Crippen molar-refractivity contribution in [3.05, 3.63) is 65.8 Å². The van der Waals surface area contributed by atoms with E-state index in [4.69, 9.17) is 17.0 Å². The third kappa shape index (κ3) is 2.03. The van der Waals surface area contributed by atoms with Crippen molar-refractivity contribution in [2.45, 2.75) is 20.3 Å². The zero-order chi connectivity index (χ0) is 14.4. The van der Waals surface area contributed by atoms with E-state index >= 15 is 0 Å². The monoisotopic (exact) mass is 399 g/mol. The molecule has 1 atom stereocenters. The van der Waals surface area contributed by atoms with Gasteiger partial charge in [0.1, 0.15) is 0 Å². The molecule has 0 bridgehead atoms. The Morgan fingerprint density at radius 2 is 1.65 bits per heavy atom. The van der Waals surface area contributed by atoms with Crippen molar-refractivity contribution in [3.63, 3.8) is 0 Å². The van der Waals surface area contributed by atoms with Gasteiger partial charge in [0, 0.05) is 0 Å². The van der Waals surface area contributed by atoms with Gasteiger partial charge in [-0.1, -0.05) is 0 Å². The molecule has 105 valence electrons. The summed E-state index contributed by atoms with van der Waals surface area (Å²) < 4.78 is 0.548. The third-order valence-corrected chi connectivity index (χ3v) is 57.2. The summed E-state index contributed by atoms with van der Waals surface area (Å²) in [5.74, 6) is -1.19. The van der Waals surface area contributed by atoms with Gasteiger partial charge in [0.15, 0.2) is 0 Å². The molecule has 0 N–H and O–H groups in total. The van der Waals surface area contributed by atoms with E-state index < -0.39 is 21.5 Å². The normalized spacial score (nSPS) is 23.2. The van der Waals surface area contributed by atoms with Gasteiger partial charge in [0.05, 0.1) is 0 Å². The van der Waals surface area contributed by atoms with Crippen LogP contribution in [-0.2, 0) is 15.6 Å². The van der Waals surface area contributed by atoms with Crippen LogP contribution in [0.5, 0.6) is 0 Å². The number of rotatable bonds is 3. The molecule has 0 radical (unpaired) electrons. The molecule has 2 aliphatic rings. The predicted molar refractivity (Wildman–Crippen MR) is 90.8 cm³/mol. The van der Waals surface area contributed by atoms with E-state index in [9.17, 15) is 0 Å². The minimum atomic E-state index is -3.94. The number of halogens is 2. The molecule has 0 saturated carbocycles.